The summed E-state index contributed by atoms with van der Waals surface area (Å²) in [5.74, 6) is -1.23. The van der Waals surface area contributed by atoms with Gasteiger partial charge in [0, 0.05) is 19.4 Å². The summed E-state index contributed by atoms with van der Waals surface area (Å²) in [6, 6.07) is 7.42. The van der Waals surface area contributed by atoms with Crippen molar-refractivity contribution in [3.8, 4) is 0 Å². The van der Waals surface area contributed by atoms with Crippen LogP contribution in [0.5, 0.6) is 0 Å². The van der Waals surface area contributed by atoms with E-state index in [1.165, 1.54) is 25.4 Å². The Morgan fingerprint density at radius 2 is 1.76 bits per heavy atom. The third-order valence-corrected chi connectivity index (χ3v) is 4.83. The smallest absolute Gasteiger partial charge is 0.330 e. The van der Waals surface area contributed by atoms with Crippen LogP contribution in [-0.4, -0.2) is 63.6 Å². The Kier molecular flexibility index (Phi) is 4.88. The van der Waals surface area contributed by atoms with Gasteiger partial charge in [-0.05, 0) is 12.1 Å². The van der Waals surface area contributed by atoms with E-state index in [0.717, 1.165) is 10.6 Å². The molecule has 2 aliphatic rings. The number of amides is 2. The number of nitrogens with one attached hydrogen (secondary N) is 1. The van der Waals surface area contributed by atoms with E-state index in [0.29, 0.717) is 5.06 Å². The molecule has 4 rings (SSSR count). The molecule has 0 bridgehead atoms. The highest BCUT2D eigenvalue weighted by Crippen LogP contribution is 2.31. The van der Waals surface area contributed by atoms with Crippen molar-refractivity contribution >= 4 is 11.8 Å². The van der Waals surface area contributed by atoms with Crippen LogP contribution < -0.4 is 11.2 Å². The third-order valence-electron chi connectivity index (χ3n) is 4.83. The number of carbonyl (C=O) groups excluding carboxylic acids is 2. The van der Waals surface area contributed by atoms with E-state index in [2.05, 4.69) is 4.98 Å². The van der Waals surface area contributed by atoms with Crippen LogP contribution in [0.2, 0.25) is 0 Å². The molecule has 152 valence electrons. The quantitative estimate of drug-likeness (QED) is 0.608. The summed E-state index contributed by atoms with van der Waals surface area (Å²) in [4.78, 5) is 55.4. The summed E-state index contributed by atoms with van der Waals surface area (Å²) in [5, 5.41) is 11.1. The zero-order valence-corrected chi connectivity index (χ0v) is 15.2. The van der Waals surface area contributed by atoms with Crippen molar-refractivity contribution < 1.29 is 29.0 Å². The number of hydrogen-bond donors (Lipinski definition) is 2. The van der Waals surface area contributed by atoms with Crippen molar-refractivity contribution in [3.63, 3.8) is 0 Å². The molecule has 2 aromatic rings. The number of nitrogens with zero attached hydrogens (tertiary/aromatic N) is 2. The number of aliphatic hydroxyl groups is 1. The number of ether oxygens (including phenoxy) is 2. The van der Waals surface area contributed by atoms with E-state index in [-0.39, 0.29) is 17.7 Å². The van der Waals surface area contributed by atoms with Crippen LogP contribution in [0, 0.1) is 0 Å². The molecule has 1 fully saturated rings. The molecule has 0 saturated carbocycles. The zero-order valence-electron chi connectivity index (χ0n) is 15.2. The molecule has 11 nitrogen and oxygen atoms in total. The summed E-state index contributed by atoms with van der Waals surface area (Å²) in [6.45, 7) is -0.346. The number of rotatable bonds is 5. The van der Waals surface area contributed by atoms with Gasteiger partial charge < -0.3 is 14.6 Å². The number of imide groups is 1. The first kappa shape index (κ1) is 19.2. The minimum absolute atomic E-state index is 0.220. The van der Waals surface area contributed by atoms with E-state index >= 15 is 0 Å². The van der Waals surface area contributed by atoms with Gasteiger partial charge >= 0.3 is 5.69 Å². The lowest BCUT2D eigenvalue weighted by Gasteiger charge is -2.20. The van der Waals surface area contributed by atoms with Crippen LogP contribution in [0.15, 0.2) is 46.1 Å². The minimum atomic E-state index is -1.22. The van der Waals surface area contributed by atoms with Crippen molar-refractivity contribution in [2.45, 2.75) is 24.5 Å². The van der Waals surface area contributed by atoms with Gasteiger partial charge in [-0.15, -0.1) is 5.06 Å². The van der Waals surface area contributed by atoms with Crippen molar-refractivity contribution in [2.75, 3.05) is 13.7 Å². The Hall–Kier alpha value is -3.12. The lowest BCUT2D eigenvalue weighted by molar-refractivity contribution is -0.141. The fraction of sp³-hybridized carbons (Fsp3) is 0.333. The summed E-state index contributed by atoms with van der Waals surface area (Å²) in [6.07, 6.45) is -3.01. The normalized spacial score (nSPS) is 26.2. The van der Waals surface area contributed by atoms with Crippen LogP contribution in [0.1, 0.15) is 26.9 Å². The monoisotopic (exact) mass is 403 g/mol. The Morgan fingerprint density at radius 1 is 1.10 bits per heavy atom. The van der Waals surface area contributed by atoms with E-state index < -0.39 is 47.6 Å². The maximum Gasteiger partial charge on any atom is 0.330 e. The lowest BCUT2D eigenvalue weighted by Crippen LogP contribution is -2.40. The Balaban J connectivity index is 1.50. The molecule has 4 atom stereocenters. The molecule has 11 heteroatoms. The fourth-order valence-electron chi connectivity index (χ4n) is 3.39. The molecule has 2 N–H and O–H groups in total. The molecule has 2 aliphatic heterocycles. The van der Waals surface area contributed by atoms with Crippen LogP contribution in [0.4, 0.5) is 0 Å². The molecule has 1 aromatic carbocycles. The van der Waals surface area contributed by atoms with Gasteiger partial charge in [0.05, 0.1) is 11.1 Å². The highest BCUT2D eigenvalue weighted by atomic mass is 16.7. The minimum Gasteiger partial charge on any atom is -0.387 e. The van der Waals surface area contributed by atoms with Gasteiger partial charge in [0.1, 0.15) is 24.9 Å². The predicted molar refractivity (Wildman–Crippen MR) is 94.9 cm³/mol. The van der Waals surface area contributed by atoms with Crippen LogP contribution in [0.3, 0.4) is 0 Å². The number of hydroxylamine groups is 2. The number of H-pyrrole nitrogens is 1. The number of methoxy groups -OCH3 is 1. The van der Waals surface area contributed by atoms with Crippen molar-refractivity contribution in [2.24, 2.45) is 0 Å². The van der Waals surface area contributed by atoms with Gasteiger partial charge in [-0.2, -0.15) is 0 Å². The number of aliphatic hydroxyl groups excluding tert-OH is 1. The van der Waals surface area contributed by atoms with E-state index in [1.54, 1.807) is 12.1 Å². The summed E-state index contributed by atoms with van der Waals surface area (Å²) in [7, 11) is 1.33. The standard InChI is InChI=1S/C18H17N3O8/c1-27-14-13(23)11(29-17(14)20-7-6-12(22)19-18(20)26)8-28-21-15(24)9-4-2-3-5-10(9)16(21)25/h2-7,11,13-14,17,23H,8H2,1H3,(H,19,22,26)/t11-,13-,14-,17-/m1/s1. The maximum absolute atomic E-state index is 12.3. The summed E-state index contributed by atoms with van der Waals surface area (Å²) < 4.78 is 12.0. The van der Waals surface area contributed by atoms with Crippen molar-refractivity contribution in [1.29, 1.82) is 0 Å². The predicted octanol–water partition coefficient (Wildman–Crippen LogP) is -0.962. The van der Waals surface area contributed by atoms with Crippen molar-refractivity contribution in [1.82, 2.24) is 14.6 Å². The molecule has 1 aromatic heterocycles. The molecule has 1 saturated heterocycles. The number of aromatic amines is 1. The van der Waals surface area contributed by atoms with Gasteiger partial charge in [-0.25, -0.2) is 4.79 Å². The highest BCUT2D eigenvalue weighted by Gasteiger charge is 2.47. The van der Waals surface area contributed by atoms with Crippen LogP contribution in [-0.2, 0) is 14.3 Å². The molecular weight excluding hydrogens is 386 g/mol. The molecule has 0 aliphatic carbocycles. The topological polar surface area (TPSA) is 140 Å². The fourth-order valence-corrected chi connectivity index (χ4v) is 3.39. The van der Waals surface area contributed by atoms with Crippen LogP contribution in [0.25, 0.3) is 0 Å². The average Bonchev–Trinajstić information content (AvgIpc) is 3.14. The largest absolute Gasteiger partial charge is 0.387 e. The van der Waals surface area contributed by atoms with Crippen LogP contribution >= 0.6 is 0 Å². The molecular formula is C18H17N3O8. The number of benzene rings is 1. The summed E-state index contributed by atoms with van der Waals surface area (Å²) >= 11 is 0. The first-order valence-corrected chi connectivity index (χ1v) is 8.71. The van der Waals surface area contributed by atoms with Gasteiger partial charge in [-0.3, -0.25) is 28.8 Å². The lowest BCUT2D eigenvalue weighted by atomic mass is 10.1. The Labute approximate surface area is 163 Å². The molecule has 29 heavy (non-hydrogen) atoms. The Bertz CT molecular complexity index is 1040. The molecule has 3 heterocycles. The van der Waals surface area contributed by atoms with E-state index in [9.17, 15) is 24.3 Å². The first-order valence-electron chi connectivity index (χ1n) is 8.71. The number of fused-ring (bicyclic) bond motifs is 1. The highest BCUT2D eigenvalue weighted by molar-refractivity contribution is 6.20. The van der Waals surface area contributed by atoms with Gasteiger partial charge in [0.2, 0.25) is 0 Å². The SMILES string of the molecule is CO[C@@H]1[C@H](O)[C@@H](CON2C(=O)c3ccccc3C2=O)O[C@H]1n1ccc(=O)[nH]c1=O. The second-order valence-electron chi connectivity index (χ2n) is 6.52. The van der Waals surface area contributed by atoms with E-state index in [1.807, 2.05) is 0 Å². The van der Waals surface area contributed by atoms with Gasteiger partial charge in [0.25, 0.3) is 17.4 Å². The Morgan fingerprint density at radius 3 is 2.34 bits per heavy atom. The molecule has 0 spiro atoms. The summed E-state index contributed by atoms with van der Waals surface area (Å²) in [5.41, 5.74) is -0.876. The average molecular weight is 403 g/mol. The first-order chi connectivity index (χ1) is 13.9. The van der Waals surface area contributed by atoms with E-state index in [4.69, 9.17) is 14.3 Å². The molecule has 0 radical (unpaired) electrons. The molecule has 2 amide bonds. The maximum atomic E-state index is 12.3. The number of carbonyl (C=O) groups is 2. The zero-order chi connectivity index (χ0) is 20.7. The number of aromatic nitrogens is 2. The number of hydrogen-bond acceptors (Lipinski definition) is 8. The molecule has 0 unspecified atom stereocenters. The van der Waals surface area contributed by atoms with Gasteiger partial charge in [-0.1, -0.05) is 12.1 Å². The second-order valence-corrected chi connectivity index (χ2v) is 6.52. The van der Waals surface area contributed by atoms with Gasteiger partial charge in [0.15, 0.2) is 6.23 Å². The third kappa shape index (κ3) is 3.19. The van der Waals surface area contributed by atoms with Crippen molar-refractivity contribution in [3.05, 3.63) is 68.5 Å². The second kappa shape index (κ2) is 7.37.